The summed E-state index contributed by atoms with van der Waals surface area (Å²) in [6.07, 6.45) is 0. The fourth-order valence-corrected chi connectivity index (χ4v) is 2.03. The molecule has 3 aromatic rings. The van der Waals surface area contributed by atoms with E-state index >= 15 is 0 Å². The van der Waals surface area contributed by atoms with Crippen LogP contribution in [0.5, 0.6) is 0 Å². The third-order valence-corrected chi connectivity index (χ3v) is 3.13. The summed E-state index contributed by atoms with van der Waals surface area (Å²) in [7, 11) is 0. The standard InChI is InChI=1S/C12H12N4S/c1-12(2,17)9-4-5-10-8(7-9)3-6-11-13-14-15-16(10)11/h3-7,17H,1-2H3. The van der Waals surface area contributed by atoms with E-state index < -0.39 is 0 Å². The molecule has 0 spiro atoms. The van der Waals surface area contributed by atoms with Crippen molar-refractivity contribution in [3.8, 4) is 0 Å². The molecule has 0 aliphatic carbocycles. The Morgan fingerprint density at radius 3 is 2.76 bits per heavy atom. The molecule has 0 atom stereocenters. The van der Waals surface area contributed by atoms with Crippen LogP contribution in [0.15, 0.2) is 30.3 Å². The Kier molecular flexibility index (Phi) is 2.13. The molecule has 0 radical (unpaired) electrons. The predicted molar refractivity (Wildman–Crippen MR) is 70.3 cm³/mol. The second-order valence-corrected chi connectivity index (χ2v) is 5.73. The molecule has 0 fully saturated rings. The molecule has 0 saturated heterocycles. The van der Waals surface area contributed by atoms with E-state index in [-0.39, 0.29) is 4.75 Å². The van der Waals surface area contributed by atoms with Crippen molar-refractivity contribution in [3.05, 3.63) is 35.9 Å². The molecule has 86 valence electrons. The van der Waals surface area contributed by atoms with Crippen molar-refractivity contribution in [1.82, 2.24) is 20.0 Å². The van der Waals surface area contributed by atoms with Crippen LogP contribution >= 0.6 is 12.6 Å². The first-order valence-electron chi connectivity index (χ1n) is 5.39. The third-order valence-electron chi connectivity index (χ3n) is 2.87. The van der Waals surface area contributed by atoms with Crippen LogP contribution in [0.1, 0.15) is 19.4 Å². The zero-order chi connectivity index (χ0) is 12.0. The van der Waals surface area contributed by atoms with Crippen LogP contribution in [0.25, 0.3) is 16.6 Å². The van der Waals surface area contributed by atoms with Crippen LogP contribution in [-0.2, 0) is 4.75 Å². The Morgan fingerprint density at radius 2 is 2.00 bits per heavy atom. The Labute approximate surface area is 104 Å². The summed E-state index contributed by atoms with van der Waals surface area (Å²) >= 11 is 4.58. The number of aromatic nitrogens is 4. The van der Waals surface area contributed by atoms with Crippen molar-refractivity contribution < 1.29 is 0 Å². The summed E-state index contributed by atoms with van der Waals surface area (Å²) < 4.78 is 1.59. The first kappa shape index (κ1) is 10.5. The van der Waals surface area contributed by atoms with E-state index in [4.69, 9.17) is 0 Å². The highest BCUT2D eigenvalue weighted by Crippen LogP contribution is 2.29. The van der Waals surface area contributed by atoms with Crippen LogP contribution < -0.4 is 0 Å². The molecule has 17 heavy (non-hydrogen) atoms. The maximum atomic E-state index is 4.58. The van der Waals surface area contributed by atoms with Crippen molar-refractivity contribution in [3.63, 3.8) is 0 Å². The van der Waals surface area contributed by atoms with Crippen molar-refractivity contribution in [2.75, 3.05) is 0 Å². The van der Waals surface area contributed by atoms with E-state index in [2.05, 4.69) is 54.1 Å². The van der Waals surface area contributed by atoms with Crippen LogP contribution in [0.4, 0.5) is 0 Å². The van der Waals surface area contributed by atoms with E-state index in [9.17, 15) is 0 Å². The van der Waals surface area contributed by atoms with Gasteiger partial charge < -0.3 is 0 Å². The molecular weight excluding hydrogens is 232 g/mol. The Hall–Kier alpha value is -1.62. The summed E-state index contributed by atoms with van der Waals surface area (Å²) in [6.45, 7) is 4.15. The number of nitrogens with zero attached hydrogens (tertiary/aromatic N) is 4. The molecule has 0 amide bonds. The first-order chi connectivity index (χ1) is 8.05. The number of fused-ring (bicyclic) bond motifs is 3. The van der Waals surface area contributed by atoms with Gasteiger partial charge in [0.1, 0.15) is 0 Å². The smallest absolute Gasteiger partial charge is 0.179 e. The minimum atomic E-state index is -0.149. The summed E-state index contributed by atoms with van der Waals surface area (Å²) in [4.78, 5) is 0. The number of hydrogen-bond donors (Lipinski definition) is 1. The van der Waals surface area contributed by atoms with E-state index in [1.807, 2.05) is 18.2 Å². The molecule has 2 heterocycles. The molecule has 3 rings (SSSR count). The first-order valence-corrected chi connectivity index (χ1v) is 5.84. The molecule has 0 N–H and O–H groups in total. The molecular formula is C12H12N4S. The lowest BCUT2D eigenvalue weighted by Gasteiger charge is -2.18. The number of thiol groups is 1. The van der Waals surface area contributed by atoms with Crippen molar-refractivity contribution in [2.24, 2.45) is 0 Å². The van der Waals surface area contributed by atoms with Gasteiger partial charge in [-0.3, -0.25) is 0 Å². The predicted octanol–water partition coefficient (Wildman–Crippen LogP) is 2.44. The summed E-state index contributed by atoms with van der Waals surface area (Å²) in [5, 5.41) is 12.7. The maximum absolute atomic E-state index is 4.58. The minimum Gasteiger partial charge on any atom is -0.193 e. The van der Waals surface area contributed by atoms with Gasteiger partial charge in [-0.15, -0.1) is 5.10 Å². The van der Waals surface area contributed by atoms with Crippen molar-refractivity contribution >= 4 is 29.2 Å². The zero-order valence-corrected chi connectivity index (χ0v) is 10.5. The molecule has 0 saturated carbocycles. The van der Waals surface area contributed by atoms with Gasteiger partial charge in [-0.05, 0) is 54.1 Å². The normalized spacial score (nSPS) is 12.4. The van der Waals surface area contributed by atoms with E-state index in [1.54, 1.807) is 4.52 Å². The van der Waals surface area contributed by atoms with Crippen molar-refractivity contribution in [1.29, 1.82) is 0 Å². The summed E-state index contributed by atoms with van der Waals surface area (Å²) in [5.41, 5.74) is 2.95. The largest absolute Gasteiger partial charge is 0.193 e. The highest BCUT2D eigenvalue weighted by Gasteiger charge is 2.15. The lowest BCUT2D eigenvalue weighted by molar-refractivity contribution is 0.792. The van der Waals surface area contributed by atoms with Gasteiger partial charge in [0, 0.05) is 10.1 Å². The number of pyridine rings is 1. The number of tetrazole rings is 1. The van der Waals surface area contributed by atoms with Crippen LogP contribution in [0.2, 0.25) is 0 Å². The average molecular weight is 244 g/mol. The molecule has 0 bridgehead atoms. The fraction of sp³-hybridized carbons (Fsp3) is 0.250. The molecule has 4 nitrogen and oxygen atoms in total. The van der Waals surface area contributed by atoms with Gasteiger partial charge in [0.2, 0.25) is 0 Å². The van der Waals surface area contributed by atoms with Crippen LogP contribution in [-0.4, -0.2) is 20.0 Å². The fourth-order valence-electron chi connectivity index (χ4n) is 1.90. The van der Waals surface area contributed by atoms with Gasteiger partial charge in [0.15, 0.2) is 5.65 Å². The lowest BCUT2D eigenvalue weighted by atomic mass is 10.0. The Balaban J connectivity index is 2.34. The SMILES string of the molecule is CC(C)(S)c1ccc2c(ccc3nnnn32)c1. The van der Waals surface area contributed by atoms with E-state index in [0.717, 1.165) is 16.6 Å². The zero-order valence-electron chi connectivity index (χ0n) is 9.62. The average Bonchev–Trinajstić information content (AvgIpc) is 2.75. The molecule has 1 aromatic carbocycles. The second-order valence-electron chi connectivity index (χ2n) is 4.61. The van der Waals surface area contributed by atoms with Gasteiger partial charge >= 0.3 is 0 Å². The van der Waals surface area contributed by atoms with Crippen LogP contribution in [0, 0.1) is 0 Å². The quantitative estimate of drug-likeness (QED) is 0.669. The van der Waals surface area contributed by atoms with E-state index in [0.29, 0.717) is 0 Å². The van der Waals surface area contributed by atoms with Gasteiger partial charge in [-0.25, -0.2) is 0 Å². The molecule has 0 aliphatic rings. The summed E-state index contributed by atoms with van der Waals surface area (Å²) in [5.74, 6) is 0. The van der Waals surface area contributed by atoms with Gasteiger partial charge in [0.05, 0.1) is 5.52 Å². The maximum Gasteiger partial charge on any atom is 0.179 e. The van der Waals surface area contributed by atoms with Crippen LogP contribution in [0.3, 0.4) is 0 Å². The highest BCUT2D eigenvalue weighted by molar-refractivity contribution is 7.81. The number of hydrogen-bond acceptors (Lipinski definition) is 4. The van der Waals surface area contributed by atoms with E-state index in [1.165, 1.54) is 5.56 Å². The lowest BCUT2D eigenvalue weighted by Crippen LogP contribution is -2.07. The molecule has 5 heteroatoms. The summed E-state index contributed by atoms with van der Waals surface area (Å²) in [6, 6.07) is 10.2. The molecule has 2 aromatic heterocycles. The Morgan fingerprint density at radius 1 is 1.18 bits per heavy atom. The Bertz CT molecular complexity index is 696. The monoisotopic (exact) mass is 244 g/mol. The molecule has 0 aliphatic heterocycles. The topological polar surface area (TPSA) is 43.1 Å². The third kappa shape index (κ3) is 1.67. The van der Waals surface area contributed by atoms with Gasteiger partial charge in [-0.2, -0.15) is 17.1 Å². The molecule has 0 unspecified atom stereocenters. The minimum absolute atomic E-state index is 0.149. The number of benzene rings is 1. The van der Waals surface area contributed by atoms with Gasteiger partial charge in [-0.1, -0.05) is 6.07 Å². The van der Waals surface area contributed by atoms with Gasteiger partial charge in [0.25, 0.3) is 0 Å². The van der Waals surface area contributed by atoms with Crippen molar-refractivity contribution in [2.45, 2.75) is 18.6 Å². The second kappa shape index (κ2) is 3.43. The number of rotatable bonds is 1. The highest BCUT2D eigenvalue weighted by atomic mass is 32.1.